The molecule has 0 fully saturated rings. The van der Waals surface area contributed by atoms with Gasteiger partial charge in [0.1, 0.15) is 0 Å². The van der Waals surface area contributed by atoms with Crippen LogP contribution in [0.25, 0.3) is 28.1 Å². The predicted molar refractivity (Wildman–Crippen MR) is 141 cm³/mol. The van der Waals surface area contributed by atoms with Crippen molar-refractivity contribution in [3.63, 3.8) is 0 Å². The molecule has 0 bridgehead atoms. The average molecular weight is 456 g/mol. The van der Waals surface area contributed by atoms with Crippen LogP contribution in [0.15, 0.2) is 96.9 Å². The first-order valence-electron chi connectivity index (χ1n) is 12.5. The number of aryl methyl sites for hydroxylation is 2. The van der Waals surface area contributed by atoms with Crippen LogP contribution in [-0.4, -0.2) is 6.54 Å². The normalized spacial score (nSPS) is 17.0. The van der Waals surface area contributed by atoms with Crippen molar-refractivity contribution in [1.29, 1.82) is 0 Å². The molecule has 3 nitrogen and oxygen atoms in total. The molecule has 0 atom stereocenters. The summed E-state index contributed by atoms with van der Waals surface area (Å²) in [4.78, 5) is 2.24. The number of benzene rings is 3. The van der Waals surface area contributed by atoms with Gasteiger partial charge in [-0.2, -0.15) is 4.57 Å². The van der Waals surface area contributed by atoms with Crippen molar-refractivity contribution in [2.24, 2.45) is 0 Å². The summed E-state index contributed by atoms with van der Waals surface area (Å²) in [5, 5.41) is 0. The molecule has 2 aliphatic heterocycles. The zero-order chi connectivity index (χ0) is 23.5. The van der Waals surface area contributed by atoms with Gasteiger partial charge in [-0.3, -0.25) is 0 Å². The smallest absolute Gasteiger partial charge is 0.221 e. The Hall–Kier alpha value is -4.11. The third-order valence-corrected chi connectivity index (χ3v) is 7.53. The number of hydrogen-bond donors (Lipinski definition) is 0. The van der Waals surface area contributed by atoms with Gasteiger partial charge in [0.2, 0.25) is 17.3 Å². The quantitative estimate of drug-likeness (QED) is 0.276. The SMILES string of the molecule is CCN1C(=CC=C2c3ccccc3-c3c2c(C)cc2[n+]3CCc3ccccc3-2)Oc2ccccc21. The summed E-state index contributed by atoms with van der Waals surface area (Å²) in [6.07, 6.45) is 5.46. The summed E-state index contributed by atoms with van der Waals surface area (Å²) in [5.41, 5.74) is 13.1. The maximum atomic E-state index is 6.24. The average Bonchev–Trinajstić information content (AvgIpc) is 3.43. The molecule has 170 valence electrons. The van der Waals surface area contributed by atoms with E-state index >= 15 is 0 Å². The molecular formula is C32H27N2O+. The molecule has 7 rings (SSSR count). The van der Waals surface area contributed by atoms with Gasteiger partial charge in [-0.25, -0.2) is 0 Å². The second kappa shape index (κ2) is 7.71. The first-order chi connectivity index (χ1) is 17.2. The molecule has 0 spiro atoms. The van der Waals surface area contributed by atoms with Gasteiger partial charge in [0.25, 0.3) is 0 Å². The van der Waals surface area contributed by atoms with Crippen LogP contribution in [0.3, 0.4) is 0 Å². The minimum atomic E-state index is 0.862. The number of pyridine rings is 1. The van der Waals surface area contributed by atoms with Crippen LogP contribution in [-0.2, 0) is 13.0 Å². The number of ether oxygens (including phenoxy) is 1. The zero-order valence-electron chi connectivity index (χ0n) is 20.1. The molecule has 4 aromatic rings. The lowest BCUT2D eigenvalue weighted by Gasteiger charge is -2.18. The fourth-order valence-electron chi connectivity index (χ4n) is 5.98. The van der Waals surface area contributed by atoms with E-state index in [0.717, 1.165) is 36.8 Å². The van der Waals surface area contributed by atoms with Gasteiger partial charge in [-0.1, -0.05) is 48.5 Å². The van der Waals surface area contributed by atoms with Crippen molar-refractivity contribution < 1.29 is 9.30 Å². The molecule has 3 heterocycles. The number of nitrogens with zero attached hydrogens (tertiary/aromatic N) is 2. The summed E-state index contributed by atoms with van der Waals surface area (Å²) >= 11 is 0. The van der Waals surface area contributed by atoms with Crippen LogP contribution in [0.1, 0.15) is 29.2 Å². The summed E-state index contributed by atoms with van der Waals surface area (Å²) < 4.78 is 8.78. The van der Waals surface area contributed by atoms with E-state index in [2.05, 4.69) is 102 Å². The van der Waals surface area contributed by atoms with Crippen molar-refractivity contribution >= 4 is 11.3 Å². The van der Waals surface area contributed by atoms with Crippen LogP contribution >= 0.6 is 0 Å². The summed E-state index contributed by atoms with van der Waals surface area (Å²) in [5.74, 6) is 1.80. The fraction of sp³-hybridized carbons (Fsp3) is 0.156. The van der Waals surface area contributed by atoms with E-state index in [-0.39, 0.29) is 0 Å². The molecule has 0 N–H and O–H groups in total. The number of aromatic nitrogens is 1. The Morgan fingerprint density at radius 2 is 1.63 bits per heavy atom. The Morgan fingerprint density at radius 1 is 0.886 bits per heavy atom. The monoisotopic (exact) mass is 455 g/mol. The largest absolute Gasteiger partial charge is 0.439 e. The first kappa shape index (κ1) is 20.3. The Bertz CT molecular complexity index is 1580. The molecule has 3 aromatic carbocycles. The minimum absolute atomic E-state index is 0.862. The van der Waals surface area contributed by atoms with Crippen LogP contribution in [0.2, 0.25) is 0 Å². The molecule has 3 aliphatic rings. The van der Waals surface area contributed by atoms with Gasteiger partial charge in [-0.05, 0) is 72.5 Å². The summed E-state index contributed by atoms with van der Waals surface area (Å²) in [6, 6.07) is 28.3. The number of para-hydroxylation sites is 2. The minimum Gasteiger partial charge on any atom is -0.439 e. The van der Waals surface area contributed by atoms with Gasteiger partial charge in [0.15, 0.2) is 12.3 Å². The molecule has 35 heavy (non-hydrogen) atoms. The van der Waals surface area contributed by atoms with E-state index in [1.54, 1.807) is 0 Å². The van der Waals surface area contributed by atoms with E-state index in [1.807, 2.05) is 12.1 Å². The van der Waals surface area contributed by atoms with E-state index in [0.29, 0.717) is 0 Å². The van der Waals surface area contributed by atoms with Crippen molar-refractivity contribution in [2.45, 2.75) is 26.8 Å². The van der Waals surface area contributed by atoms with Crippen LogP contribution in [0.5, 0.6) is 5.75 Å². The number of rotatable bonds is 2. The van der Waals surface area contributed by atoms with Crippen molar-refractivity contribution in [1.82, 2.24) is 0 Å². The Kier molecular flexibility index (Phi) is 4.47. The van der Waals surface area contributed by atoms with Gasteiger partial charge in [-0.15, -0.1) is 0 Å². The number of allylic oxidation sites excluding steroid dienone is 2. The maximum absolute atomic E-state index is 6.24. The van der Waals surface area contributed by atoms with Gasteiger partial charge in [0, 0.05) is 24.6 Å². The van der Waals surface area contributed by atoms with Gasteiger partial charge < -0.3 is 9.64 Å². The Balaban J connectivity index is 1.42. The molecule has 0 saturated carbocycles. The second-order valence-corrected chi connectivity index (χ2v) is 9.44. The third kappa shape index (κ3) is 2.94. The van der Waals surface area contributed by atoms with Gasteiger partial charge in [0.05, 0.1) is 16.8 Å². The highest BCUT2D eigenvalue weighted by Gasteiger charge is 2.37. The topological polar surface area (TPSA) is 16.4 Å². The van der Waals surface area contributed by atoms with E-state index in [1.165, 1.54) is 50.3 Å². The zero-order valence-corrected chi connectivity index (χ0v) is 20.1. The second-order valence-electron chi connectivity index (χ2n) is 9.44. The highest BCUT2D eigenvalue weighted by molar-refractivity contribution is 6.00. The molecule has 0 unspecified atom stereocenters. The van der Waals surface area contributed by atoms with E-state index in [9.17, 15) is 0 Å². The summed E-state index contributed by atoms with van der Waals surface area (Å²) in [6.45, 7) is 6.28. The molecule has 0 amide bonds. The van der Waals surface area contributed by atoms with Crippen LogP contribution in [0.4, 0.5) is 5.69 Å². The maximum Gasteiger partial charge on any atom is 0.221 e. The van der Waals surface area contributed by atoms with Crippen molar-refractivity contribution in [2.75, 3.05) is 11.4 Å². The van der Waals surface area contributed by atoms with Crippen molar-refractivity contribution in [3.8, 4) is 28.3 Å². The lowest BCUT2D eigenvalue weighted by Crippen LogP contribution is -2.43. The Labute approximate surface area is 206 Å². The number of fused-ring (bicyclic) bond motifs is 8. The van der Waals surface area contributed by atoms with Gasteiger partial charge >= 0.3 is 0 Å². The Morgan fingerprint density at radius 3 is 2.49 bits per heavy atom. The predicted octanol–water partition coefficient (Wildman–Crippen LogP) is 6.68. The standard InChI is InChI=1S/C32H27N2O/c1-3-33-27-14-8-9-15-29(27)35-30(33)17-16-25-24-12-6-7-13-26(24)32-31(25)21(2)20-28-23-11-5-4-10-22(23)18-19-34(28)32/h4-17,20H,3,18-19H2,1-2H3/q+1. The molecular weight excluding hydrogens is 428 g/mol. The molecule has 0 radical (unpaired) electrons. The van der Waals surface area contributed by atoms with Crippen LogP contribution in [0, 0.1) is 6.92 Å². The van der Waals surface area contributed by atoms with Crippen molar-refractivity contribution in [3.05, 3.63) is 119 Å². The number of anilines is 1. The lowest BCUT2D eigenvalue weighted by atomic mass is 9.93. The van der Waals surface area contributed by atoms with E-state index in [4.69, 9.17) is 4.74 Å². The van der Waals surface area contributed by atoms with E-state index < -0.39 is 0 Å². The van der Waals surface area contributed by atoms with Crippen LogP contribution < -0.4 is 14.2 Å². The third-order valence-electron chi connectivity index (χ3n) is 7.53. The molecule has 1 aliphatic carbocycles. The first-order valence-corrected chi connectivity index (χ1v) is 12.5. The highest BCUT2D eigenvalue weighted by Crippen LogP contribution is 2.46. The lowest BCUT2D eigenvalue weighted by molar-refractivity contribution is -0.676. The fourth-order valence-corrected chi connectivity index (χ4v) is 5.98. The highest BCUT2D eigenvalue weighted by atomic mass is 16.5. The molecule has 0 saturated heterocycles. The summed E-state index contributed by atoms with van der Waals surface area (Å²) in [7, 11) is 0. The molecule has 3 heteroatoms. The molecule has 1 aromatic heterocycles. The number of hydrogen-bond acceptors (Lipinski definition) is 2.